The number of hydrogen-bond acceptors (Lipinski definition) is 3. The van der Waals surface area contributed by atoms with Crippen molar-refractivity contribution in [1.82, 2.24) is 0 Å². The Kier molecular flexibility index (Phi) is 5.50. The molecule has 0 unspecified atom stereocenters. The monoisotopic (exact) mass is 599 g/mol. The van der Waals surface area contributed by atoms with Gasteiger partial charge in [0.05, 0.1) is 0 Å². The molecule has 3 heteroatoms. The minimum absolute atomic E-state index is 0.0659. The van der Waals surface area contributed by atoms with Crippen LogP contribution in [0.2, 0.25) is 0 Å². The van der Waals surface area contributed by atoms with Crippen LogP contribution in [-0.4, -0.2) is 0 Å². The van der Waals surface area contributed by atoms with Crippen molar-refractivity contribution in [2.75, 3.05) is 4.90 Å². The third kappa shape index (κ3) is 3.68. The number of nitrogens with zero attached hydrogens (tertiary/aromatic N) is 1. The zero-order chi connectivity index (χ0) is 30.5. The predicted octanol–water partition coefficient (Wildman–Crippen LogP) is 12.7. The van der Waals surface area contributed by atoms with E-state index in [1.165, 1.54) is 47.8 Å². The van der Waals surface area contributed by atoms with Crippen LogP contribution in [0.5, 0.6) is 0 Å². The zero-order valence-corrected chi connectivity index (χ0v) is 26.7. The van der Waals surface area contributed by atoms with Gasteiger partial charge in [-0.1, -0.05) is 94.4 Å². The quantitative estimate of drug-likeness (QED) is 0.201. The molecule has 45 heavy (non-hydrogen) atoms. The number of furan rings is 1. The smallest absolute Gasteiger partial charge is 0.139 e. The lowest BCUT2D eigenvalue weighted by molar-refractivity contribution is 0.299. The molecule has 2 heterocycles. The van der Waals surface area contributed by atoms with Crippen LogP contribution in [0, 0.1) is 0 Å². The Morgan fingerprint density at radius 3 is 2.04 bits per heavy atom. The highest BCUT2D eigenvalue weighted by atomic mass is 32.1. The second-order valence-corrected chi connectivity index (χ2v) is 14.5. The first-order chi connectivity index (χ1) is 21.8. The van der Waals surface area contributed by atoms with Crippen molar-refractivity contribution in [3.8, 4) is 11.1 Å². The lowest BCUT2D eigenvalue weighted by Crippen LogP contribution is -2.43. The van der Waals surface area contributed by atoms with E-state index in [-0.39, 0.29) is 10.8 Å². The first kappa shape index (κ1) is 26.5. The van der Waals surface area contributed by atoms with Crippen LogP contribution in [-0.2, 0) is 10.8 Å². The van der Waals surface area contributed by atoms with Crippen LogP contribution < -0.4 is 4.90 Å². The Morgan fingerprint density at radius 1 is 0.511 bits per heavy atom. The van der Waals surface area contributed by atoms with Crippen molar-refractivity contribution in [1.29, 1.82) is 0 Å². The molecule has 0 bridgehead atoms. The van der Waals surface area contributed by atoms with Gasteiger partial charge in [0, 0.05) is 59.0 Å². The number of hydrogen-bond donors (Lipinski definition) is 0. The van der Waals surface area contributed by atoms with Crippen LogP contribution >= 0.6 is 11.3 Å². The summed E-state index contributed by atoms with van der Waals surface area (Å²) in [6.07, 6.45) is 0. The maximum atomic E-state index is 6.82. The van der Waals surface area contributed by atoms with E-state index in [4.69, 9.17) is 4.42 Å². The van der Waals surface area contributed by atoms with Gasteiger partial charge >= 0.3 is 0 Å². The van der Waals surface area contributed by atoms with Gasteiger partial charge in [0.25, 0.3) is 0 Å². The molecule has 0 radical (unpaired) electrons. The molecule has 6 aromatic carbocycles. The van der Waals surface area contributed by atoms with Gasteiger partial charge < -0.3 is 9.32 Å². The lowest BCUT2D eigenvalue weighted by atomic mass is 9.55. The van der Waals surface area contributed by atoms with E-state index in [0.29, 0.717) is 0 Å². The third-order valence-electron chi connectivity index (χ3n) is 10.6. The van der Waals surface area contributed by atoms with Gasteiger partial charge in [-0.3, -0.25) is 0 Å². The minimum Gasteiger partial charge on any atom is -0.456 e. The topological polar surface area (TPSA) is 16.4 Å². The van der Waals surface area contributed by atoms with Gasteiger partial charge in [-0.05, 0) is 82.8 Å². The van der Waals surface area contributed by atoms with E-state index in [1.807, 2.05) is 11.3 Å². The molecular weight excluding hydrogens is 567 g/mol. The summed E-state index contributed by atoms with van der Waals surface area (Å²) in [5.41, 5.74) is 10.4. The predicted molar refractivity (Wildman–Crippen MR) is 193 cm³/mol. The molecule has 1 aliphatic rings. The summed E-state index contributed by atoms with van der Waals surface area (Å²) in [5, 5.41) is 4.91. The van der Waals surface area contributed by atoms with Crippen LogP contribution in [0.3, 0.4) is 0 Å². The van der Waals surface area contributed by atoms with E-state index >= 15 is 0 Å². The maximum Gasteiger partial charge on any atom is 0.139 e. The highest BCUT2D eigenvalue weighted by Gasteiger charge is 2.47. The average Bonchev–Trinajstić information content (AvgIpc) is 3.62. The van der Waals surface area contributed by atoms with Gasteiger partial charge in [-0.2, -0.15) is 0 Å². The Balaban J connectivity index is 1.27. The molecule has 0 saturated heterocycles. The molecule has 0 saturated carbocycles. The van der Waals surface area contributed by atoms with Crippen LogP contribution in [0.1, 0.15) is 38.8 Å². The molecule has 2 aromatic heterocycles. The van der Waals surface area contributed by atoms with Crippen molar-refractivity contribution in [2.24, 2.45) is 0 Å². The Hall–Kier alpha value is -4.86. The minimum atomic E-state index is -0.137. The van der Waals surface area contributed by atoms with Crippen molar-refractivity contribution >= 4 is 70.5 Å². The summed E-state index contributed by atoms with van der Waals surface area (Å²) >= 11 is 1.85. The van der Waals surface area contributed by atoms with Crippen LogP contribution in [0.25, 0.3) is 53.2 Å². The normalized spacial score (nSPS) is 15.0. The Labute approximate surface area is 267 Å². The zero-order valence-electron chi connectivity index (χ0n) is 25.9. The first-order valence-corrected chi connectivity index (χ1v) is 16.5. The van der Waals surface area contributed by atoms with Crippen molar-refractivity contribution < 1.29 is 4.42 Å². The lowest BCUT2D eigenvalue weighted by Gasteiger charge is -2.48. The molecule has 0 amide bonds. The SMILES string of the molecule is CC1(C)c2ccccc2-c2ccc3c(oc4ccc(N(c5ccccc5)c5ccc6sc7ccccc7c6c5)cc43)c2C1(C)C. The van der Waals surface area contributed by atoms with Gasteiger partial charge in [0.15, 0.2) is 0 Å². The molecule has 0 fully saturated rings. The molecule has 218 valence electrons. The largest absolute Gasteiger partial charge is 0.456 e. The van der Waals surface area contributed by atoms with E-state index < -0.39 is 0 Å². The highest BCUT2D eigenvalue weighted by molar-refractivity contribution is 7.25. The molecule has 0 atom stereocenters. The summed E-state index contributed by atoms with van der Waals surface area (Å²) in [6, 6.07) is 46.4. The second-order valence-electron chi connectivity index (χ2n) is 13.4. The fraction of sp³-hybridized carbons (Fsp3) is 0.143. The molecule has 1 aliphatic carbocycles. The van der Waals surface area contributed by atoms with Crippen LogP contribution in [0.4, 0.5) is 17.1 Å². The van der Waals surface area contributed by atoms with Gasteiger partial charge in [0.1, 0.15) is 11.2 Å². The standard InChI is InChI=1S/C42H33NOS/c1-41(2)35-16-10-8-14-29(35)31-20-21-32-33-24-27(18-22-36(33)44-40(32)39(31)42(41,3)4)43(26-12-6-5-7-13-26)28-19-23-38-34(25-28)30-15-9-11-17-37(30)45-38/h5-25H,1-4H3. The van der Waals surface area contributed by atoms with Gasteiger partial charge in [-0.25, -0.2) is 0 Å². The van der Waals surface area contributed by atoms with Crippen molar-refractivity contribution in [3.05, 3.63) is 139 Å². The Bertz CT molecular complexity index is 2440. The summed E-state index contributed by atoms with van der Waals surface area (Å²) < 4.78 is 9.44. The molecule has 2 nitrogen and oxygen atoms in total. The molecule has 0 spiro atoms. The molecule has 0 N–H and O–H groups in total. The highest BCUT2D eigenvalue weighted by Crippen LogP contribution is 2.56. The number of anilines is 3. The van der Waals surface area contributed by atoms with Crippen molar-refractivity contribution in [3.63, 3.8) is 0 Å². The number of benzene rings is 6. The fourth-order valence-electron chi connectivity index (χ4n) is 7.60. The molecule has 9 rings (SSSR count). The number of rotatable bonds is 3. The Morgan fingerprint density at radius 2 is 1.20 bits per heavy atom. The second kappa shape index (κ2) is 9.32. The van der Waals surface area contributed by atoms with Crippen molar-refractivity contribution in [2.45, 2.75) is 38.5 Å². The molecular formula is C42H33NOS. The van der Waals surface area contributed by atoms with Gasteiger partial charge in [0.2, 0.25) is 0 Å². The van der Waals surface area contributed by atoms with Gasteiger partial charge in [-0.15, -0.1) is 11.3 Å². The third-order valence-corrected chi connectivity index (χ3v) is 11.7. The molecule has 8 aromatic rings. The summed E-state index contributed by atoms with van der Waals surface area (Å²) in [7, 11) is 0. The number of para-hydroxylation sites is 1. The summed E-state index contributed by atoms with van der Waals surface area (Å²) in [4.78, 5) is 2.37. The van der Waals surface area contributed by atoms with E-state index in [2.05, 4.69) is 160 Å². The van der Waals surface area contributed by atoms with Crippen LogP contribution in [0.15, 0.2) is 132 Å². The fourth-order valence-corrected chi connectivity index (χ4v) is 8.69. The average molecular weight is 600 g/mol. The number of thiophene rings is 1. The summed E-state index contributed by atoms with van der Waals surface area (Å²) in [5.74, 6) is 0. The maximum absolute atomic E-state index is 6.82. The van der Waals surface area contributed by atoms with E-state index in [0.717, 1.165) is 33.6 Å². The molecule has 0 aliphatic heterocycles. The van der Waals surface area contributed by atoms with E-state index in [9.17, 15) is 0 Å². The number of fused-ring (bicyclic) bond motifs is 10. The summed E-state index contributed by atoms with van der Waals surface area (Å²) in [6.45, 7) is 9.50. The van der Waals surface area contributed by atoms with E-state index in [1.54, 1.807) is 0 Å². The first-order valence-electron chi connectivity index (χ1n) is 15.7.